The molecule has 1 amide bonds. The fourth-order valence-corrected chi connectivity index (χ4v) is 2.64. The molecule has 0 aromatic carbocycles. The van der Waals surface area contributed by atoms with Crippen molar-refractivity contribution in [2.24, 2.45) is 5.92 Å². The first-order chi connectivity index (χ1) is 9.63. The second kappa shape index (κ2) is 9.81. The quantitative estimate of drug-likeness (QED) is 0.465. The van der Waals surface area contributed by atoms with Crippen molar-refractivity contribution in [1.82, 2.24) is 4.90 Å². The number of terminal acetylenes is 1. The Hall–Kier alpha value is -1.03. The van der Waals surface area contributed by atoms with Crippen molar-refractivity contribution in [2.75, 3.05) is 45.3 Å². The van der Waals surface area contributed by atoms with Crippen LogP contribution >= 0.6 is 11.8 Å². The second-order valence-electron chi connectivity index (χ2n) is 4.58. The van der Waals surface area contributed by atoms with Crippen LogP contribution in [-0.2, 0) is 19.1 Å². The molecule has 6 heteroatoms. The van der Waals surface area contributed by atoms with Gasteiger partial charge in [0.05, 0.1) is 19.8 Å². The lowest BCUT2D eigenvalue weighted by Crippen LogP contribution is -2.29. The van der Waals surface area contributed by atoms with Gasteiger partial charge in [0, 0.05) is 32.2 Å². The first-order valence-corrected chi connectivity index (χ1v) is 7.62. The third kappa shape index (κ3) is 6.94. The van der Waals surface area contributed by atoms with Crippen LogP contribution in [0, 0.1) is 18.3 Å². The third-order valence-electron chi connectivity index (χ3n) is 2.88. The van der Waals surface area contributed by atoms with Crippen LogP contribution in [0.4, 0.5) is 0 Å². The smallest absolute Gasteiger partial charge is 0.223 e. The molecule has 1 saturated heterocycles. The highest BCUT2D eigenvalue weighted by molar-refractivity contribution is 8.13. The van der Waals surface area contributed by atoms with Gasteiger partial charge in [-0.2, -0.15) is 0 Å². The van der Waals surface area contributed by atoms with E-state index < -0.39 is 0 Å². The Morgan fingerprint density at radius 1 is 1.45 bits per heavy atom. The molecule has 0 aromatic rings. The molecule has 0 radical (unpaired) electrons. The Bertz CT molecular complexity index is 367. The molecule has 0 aliphatic carbocycles. The van der Waals surface area contributed by atoms with E-state index in [0.29, 0.717) is 39.4 Å². The van der Waals surface area contributed by atoms with Gasteiger partial charge in [-0.1, -0.05) is 17.7 Å². The molecule has 1 aliphatic rings. The minimum atomic E-state index is 0.103. The third-order valence-corrected chi connectivity index (χ3v) is 3.92. The maximum absolute atomic E-state index is 11.8. The maximum atomic E-state index is 11.8. The summed E-state index contributed by atoms with van der Waals surface area (Å²) in [5, 5.41) is 0.103. The summed E-state index contributed by atoms with van der Waals surface area (Å²) in [6.45, 7) is 4.60. The molecule has 0 N–H and O–H groups in total. The van der Waals surface area contributed by atoms with Crippen molar-refractivity contribution in [1.29, 1.82) is 0 Å². The average molecular weight is 299 g/mol. The van der Waals surface area contributed by atoms with Gasteiger partial charge in [0.2, 0.25) is 5.91 Å². The summed E-state index contributed by atoms with van der Waals surface area (Å²) in [6, 6.07) is 0. The number of carbonyl (C=O) groups is 2. The zero-order valence-corrected chi connectivity index (χ0v) is 12.6. The largest absolute Gasteiger partial charge is 0.377 e. The van der Waals surface area contributed by atoms with Gasteiger partial charge in [-0.25, -0.2) is 0 Å². The molecule has 1 aliphatic heterocycles. The highest BCUT2D eigenvalue weighted by Crippen LogP contribution is 2.21. The van der Waals surface area contributed by atoms with Crippen LogP contribution in [0.3, 0.4) is 0 Å². The number of likely N-dealkylation sites (tertiary alicyclic amines) is 1. The Morgan fingerprint density at radius 2 is 2.20 bits per heavy atom. The lowest BCUT2D eigenvalue weighted by molar-refractivity contribution is -0.128. The summed E-state index contributed by atoms with van der Waals surface area (Å²) in [4.78, 5) is 24.5. The first-order valence-electron chi connectivity index (χ1n) is 6.63. The molecule has 0 saturated carbocycles. The summed E-state index contributed by atoms with van der Waals surface area (Å²) in [5.41, 5.74) is 0. The maximum Gasteiger partial charge on any atom is 0.223 e. The van der Waals surface area contributed by atoms with Crippen molar-refractivity contribution in [3.8, 4) is 12.3 Å². The van der Waals surface area contributed by atoms with E-state index in [1.807, 2.05) is 0 Å². The van der Waals surface area contributed by atoms with Crippen molar-refractivity contribution < 1.29 is 19.1 Å². The predicted octanol–water partition coefficient (Wildman–Crippen LogP) is 0.781. The number of carbonyl (C=O) groups excluding carboxylic acids is 2. The molecule has 112 valence electrons. The van der Waals surface area contributed by atoms with E-state index in [9.17, 15) is 9.59 Å². The molecule has 1 fully saturated rings. The van der Waals surface area contributed by atoms with Gasteiger partial charge in [0.1, 0.15) is 6.61 Å². The van der Waals surface area contributed by atoms with Gasteiger partial charge in [-0.3, -0.25) is 9.59 Å². The van der Waals surface area contributed by atoms with E-state index >= 15 is 0 Å². The van der Waals surface area contributed by atoms with Crippen LogP contribution in [0.5, 0.6) is 0 Å². The minimum Gasteiger partial charge on any atom is -0.377 e. The number of amides is 1. The molecular weight excluding hydrogens is 278 g/mol. The van der Waals surface area contributed by atoms with Crippen molar-refractivity contribution in [2.45, 2.75) is 13.3 Å². The number of nitrogens with zero attached hydrogens (tertiary/aromatic N) is 1. The monoisotopic (exact) mass is 299 g/mol. The summed E-state index contributed by atoms with van der Waals surface area (Å²) in [6.07, 6.45) is 5.57. The standard InChI is InChI=1S/C14H21NO4S/c1-3-5-18-7-8-19-6-4-15-10-13(9-14(15)17)11-20-12(2)16/h1,13H,4-11H2,2H3. The van der Waals surface area contributed by atoms with E-state index in [0.717, 1.165) is 12.3 Å². The highest BCUT2D eigenvalue weighted by Gasteiger charge is 2.29. The lowest BCUT2D eigenvalue weighted by Gasteiger charge is -2.16. The van der Waals surface area contributed by atoms with Crippen LogP contribution in [0.15, 0.2) is 0 Å². The number of hydrogen-bond donors (Lipinski definition) is 0. The van der Waals surface area contributed by atoms with Crippen LogP contribution in [0.1, 0.15) is 13.3 Å². The number of thioether (sulfide) groups is 1. The fourth-order valence-electron chi connectivity index (χ4n) is 1.94. The number of hydrogen-bond acceptors (Lipinski definition) is 5. The van der Waals surface area contributed by atoms with Gasteiger partial charge >= 0.3 is 0 Å². The van der Waals surface area contributed by atoms with Gasteiger partial charge in [-0.15, -0.1) is 6.42 Å². The summed E-state index contributed by atoms with van der Waals surface area (Å²) in [5.74, 6) is 3.52. The lowest BCUT2D eigenvalue weighted by atomic mass is 10.1. The molecule has 1 atom stereocenters. The highest BCUT2D eigenvalue weighted by atomic mass is 32.2. The van der Waals surface area contributed by atoms with E-state index in [1.165, 1.54) is 11.8 Å². The zero-order valence-electron chi connectivity index (χ0n) is 11.8. The zero-order chi connectivity index (χ0) is 14.8. The Labute approximate surface area is 124 Å². The first kappa shape index (κ1) is 17.0. The van der Waals surface area contributed by atoms with Crippen molar-refractivity contribution >= 4 is 22.8 Å². The molecule has 0 spiro atoms. The SMILES string of the molecule is C#CCOCCOCCN1CC(CSC(C)=O)CC1=O. The van der Waals surface area contributed by atoms with E-state index in [2.05, 4.69) is 5.92 Å². The predicted molar refractivity (Wildman–Crippen MR) is 78.3 cm³/mol. The van der Waals surface area contributed by atoms with Crippen LogP contribution in [-0.4, -0.2) is 61.2 Å². The molecule has 5 nitrogen and oxygen atoms in total. The molecule has 1 rings (SSSR count). The van der Waals surface area contributed by atoms with Crippen LogP contribution < -0.4 is 0 Å². The molecule has 1 heterocycles. The Balaban J connectivity index is 2.07. The number of ether oxygens (including phenoxy) is 2. The Morgan fingerprint density at radius 3 is 2.90 bits per heavy atom. The van der Waals surface area contributed by atoms with E-state index in [1.54, 1.807) is 11.8 Å². The second-order valence-corrected chi connectivity index (χ2v) is 5.78. The van der Waals surface area contributed by atoms with Crippen molar-refractivity contribution in [3.05, 3.63) is 0 Å². The van der Waals surface area contributed by atoms with Gasteiger partial charge in [0.15, 0.2) is 5.12 Å². The molecule has 20 heavy (non-hydrogen) atoms. The van der Waals surface area contributed by atoms with Crippen LogP contribution in [0.25, 0.3) is 0 Å². The van der Waals surface area contributed by atoms with Gasteiger partial charge in [-0.05, 0) is 5.92 Å². The normalized spacial score (nSPS) is 18.3. The van der Waals surface area contributed by atoms with Crippen LogP contribution in [0.2, 0.25) is 0 Å². The molecule has 0 bridgehead atoms. The average Bonchev–Trinajstić information content (AvgIpc) is 2.76. The summed E-state index contributed by atoms with van der Waals surface area (Å²) in [7, 11) is 0. The van der Waals surface area contributed by atoms with Gasteiger partial charge < -0.3 is 14.4 Å². The fraction of sp³-hybridized carbons (Fsp3) is 0.714. The molecular formula is C14H21NO4S. The minimum absolute atomic E-state index is 0.103. The summed E-state index contributed by atoms with van der Waals surface area (Å²) >= 11 is 1.29. The summed E-state index contributed by atoms with van der Waals surface area (Å²) < 4.78 is 10.4. The Kier molecular flexibility index (Phi) is 8.35. The van der Waals surface area contributed by atoms with E-state index in [-0.39, 0.29) is 16.9 Å². The molecule has 1 unspecified atom stereocenters. The number of rotatable bonds is 9. The molecule has 0 aromatic heterocycles. The topological polar surface area (TPSA) is 55.8 Å². The van der Waals surface area contributed by atoms with E-state index in [4.69, 9.17) is 15.9 Å². The van der Waals surface area contributed by atoms with Gasteiger partial charge in [0.25, 0.3) is 0 Å². The van der Waals surface area contributed by atoms with Crippen molar-refractivity contribution in [3.63, 3.8) is 0 Å².